The van der Waals surface area contributed by atoms with Crippen LogP contribution in [-0.4, -0.2) is 24.8 Å². The summed E-state index contributed by atoms with van der Waals surface area (Å²) in [6, 6.07) is 10.3. The Labute approximate surface area is 185 Å². The number of aliphatic imine (C=N–C) groups is 1. The van der Waals surface area contributed by atoms with Crippen molar-refractivity contribution in [3.63, 3.8) is 0 Å². The summed E-state index contributed by atoms with van der Waals surface area (Å²) in [5.74, 6) is 3.27. The minimum Gasteiger partial charge on any atom is -0.493 e. The van der Waals surface area contributed by atoms with Crippen molar-refractivity contribution < 1.29 is 9.26 Å². The molecule has 2 N–H and O–H groups in total. The van der Waals surface area contributed by atoms with Crippen LogP contribution in [0, 0.1) is 5.92 Å². The topological polar surface area (TPSA) is 71.7 Å². The van der Waals surface area contributed by atoms with E-state index in [-0.39, 0.29) is 30.0 Å². The molecule has 28 heavy (non-hydrogen) atoms. The van der Waals surface area contributed by atoms with Crippen molar-refractivity contribution in [3.05, 3.63) is 47.3 Å². The lowest BCUT2D eigenvalue weighted by atomic mass is 10.1. The number of nitrogens with one attached hydrogen (secondary N) is 2. The van der Waals surface area contributed by atoms with Gasteiger partial charge in [0.25, 0.3) is 0 Å². The third-order valence-corrected chi connectivity index (χ3v) is 4.14. The molecule has 0 fully saturated rings. The van der Waals surface area contributed by atoms with Gasteiger partial charge in [0, 0.05) is 13.1 Å². The van der Waals surface area contributed by atoms with Crippen molar-refractivity contribution in [1.29, 1.82) is 0 Å². The van der Waals surface area contributed by atoms with Crippen molar-refractivity contribution in [2.45, 2.75) is 53.1 Å². The zero-order valence-electron chi connectivity index (χ0n) is 17.7. The Morgan fingerprint density at radius 2 is 1.82 bits per heavy atom. The maximum atomic E-state index is 5.74. The number of benzene rings is 1. The van der Waals surface area contributed by atoms with E-state index in [1.54, 1.807) is 7.05 Å². The molecule has 0 radical (unpaired) electrons. The number of ether oxygens (including phenoxy) is 1. The van der Waals surface area contributed by atoms with E-state index in [0.717, 1.165) is 29.4 Å². The second-order valence-corrected chi connectivity index (χ2v) is 7.44. The molecule has 7 heteroatoms. The van der Waals surface area contributed by atoms with Gasteiger partial charge in [-0.05, 0) is 36.5 Å². The smallest absolute Gasteiger partial charge is 0.191 e. The van der Waals surface area contributed by atoms with Gasteiger partial charge in [-0.15, -0.1) is 24.0 Å². The standard InChI is InChI=1S/C21H32N4O2.HI/c1-14(2)13-26-18-9-7-17(8-10-18)16(5)24-21(22-6)23-12-19-11-20(15(3)4)25-27-19;/h7-11,14-16H,12-13H2,1-6H3,(H2,22,23,24);1H. The molecule has 0 bridgehead atoms. The summed E-state index contributed by atoms with van der Waals surface area (Å²) < 4.78 is 11.1. The third-order valence-electron chi connectivity index (χ3n) is 4.14. The Kier molecular flexibility index (Phi) is 10.3. The molecular weight excluding hydrogens is 467 g/mol. The number of rotatable bonds is 8. The number of halogens is 1. The molecule has 1 unspecified atom stereocenters. The van der Waals surface area contributed by atoms with Crippen LogP contribution in [0.3, 0.4) is 0 Å². The molecule has 156 valence electrons. The zero-order chi connectivity index (χ0) is 19.8. The summed E-state index contributed by atoms with van der Waals surface area (Å²) >= 11 is 0. The molecule has 1 aromatic carbocycles. The first-order valence-corrected chi connectivity index (χ1v) is 9.54. The molecule has 0 aliphatic carbocycles. The molecule has 0 saturated carbocycles. The van der Waals surface area contributed by atoms with Crippen LogP contribution < -0.4 is 15.4 Å². The van der Waals surface area contributed by atoms with Gasteiger partial charge in [0.15, 0.2) is 11.7 Å². The number of hydrogen-bond donors (Lipinski definition) is 2. The van der Waals surface area contributed by atoms with Gasteiger partial charge in [0.1, 0.15) is 5.75 Å². The Balaban J connectivity index is 0.00000392. The van der Waals surface area contributed by atoms with Crippen LogP contribution in [0.25, 0.3) is 0 Å². The molecule has 0 aliphatic heterocycles. The van der Waals surface area contributed by atoms with E-state index in [2.05, 4.69) is 67.5 Å². The van der Waals surface area contributed by atoms with Crippen LogP contribution in [0.1, 0.15) is 63.6 Å². The van der Waals surface area contributed by atoms with Crippen molar-refractivity contribution in [1.82, 2.24) is 15.8 Å². The fourth-order valence-corrected chi connectivity index (χ4v) is 2.45. The molecule has 0 aliphatic rings. The minimum atomic E-state index is 0. The van der Waals surface area contributed by atoms with Gasteiger partial charge in [0.05, 0.1) is 24.9 Å². The fourth-order valence-electron chi connectivity index (χ4n) is 2.45. The van der Waals surface area contributed by atoms with Crippen LogP contribution in [0.4, 0.5) is 0 Å². The molecular formula is C21H33IN4O2. The predicted octanol–water partition coefficient (Wildman–Crippen LogP) is 4.88. The number of aromatic nitrogens is 1. The second kappa shape index (κ2) is 11.9. The lowest BCUT2D eigenvalue weighted by molar-refractivity contribution is 0.271. The second-order valence-electron chi connectivity index (χ2n) is 7.44. The van der Waals surface area contributed by atoms with Gasteiger partial charge in [-0.25, -0.2) is 0 Å². The van der Waals surface area contributed by atoms with Gasteiger partial charge in [-0.2, -0.15) is 0 Å². The normalized spacial score (nSPS) is 12.6. The number of hydrogen-bond acceptors (Lipinski definition) is 4. The van der Waals surface area contributed by atoms with E-state index in [0.29, 0.717) is 24.3 Å². The first-order chi connectivity index (χ1) is 12.9. The fraction of sp³-hybridized carbons (Fsp3) is 0.524. The molecule has 0 amide bonds. The van der Waals surface area contributed by atoms with Crippen molar-refractivity contribution >= 4 is 29.9 Å². The van der Waals surface area contributed by atoms with E-state index in [1.807, 2.05) is 18.2 Å². The maximum absolute atomic E-state index is 5.74. The Bertz CT molecular complexity index is 726. The van der Waals surface area contributed by atoms with Crippen LogP contribution in [-0.2, 0) is 6.54 Å². The summed E-state index contributed by atoms with van der Waals surface area (Å²) in [6.45, 7) is 11.8. The summed E-state index contributed by atoms with van der Waals surface area (Å²) in [4.78, 5) is 4.28. The Morgan fingerprint density at radius 3 is 2.36 bits per heavy atom. The first-order valence-electron chi connectivity index (χ1n) is 9.54. The van der Waals surface area contributed by atoms with Crippen LogP contribution >= 0.6 is 24.0 Å². The van der Waals surface area contributed by atoms with Gasteiger partial charge in [0.2, 0.25) is 0 Å². The average Bonchev–Trinajstić information content (AvgIpc) is 3.13. The molecule has 1 atom stereocenters. The molecule has 0 saturated heterocycles. The zero-order valence-corrected chi connectivity index (χ0v) is 20.0. The van der Waals surface area contributed by atoms with Crippen molar-refractivity contribution in [2.24, 2.45) is 10.9 Å². The molecule has 2 rings (SSSR count). The van der Waals surface area contributed by atoms with Crippen molar-refractivity contribution in [3.8, 4) is 5.75 Å². The molecule has 1 aromatic heterocycles. The molecule has 2 aromatic rings. The SMILES string of the molecule is CN=C(NCc1cc(C(C)C)no1)NC(C)c1ccc(OCC(C)C)cc1.I. The predicted molar refractivity (Wildman–Crippen MR) is 125 cm³/mol. The summed E-state index contributed by atoms with van der Waals surface area (Å²) in [5.41, 5.74) is 2.12. The minimum absolute atomic E-state index is 0. The molecule has 1 heterocycles. The highest BCUT2D eigenvalue weighted by Gasteiger charge is 2.11. The summed E-state index contributed by atoms with van der Waals surface area (Å²) in [5, 5.41) is 10.7. The van der Waals surface area contributed by atoms with Gasteiger partial charge < -0.3 is 19.9 Å². The lowest BCUT2D eigenvalue weighted by Gasteiger charge is -2.18. The number of guanidine groups is 1. The highest BCUT2D eigenvalue weighted by Crippen LogP contribution is 2.18. The monoisotopic (exact) mass is 500 g/mol. The van der Waals surface area contributed by atoms with Crippen molar-refractivity contribution in [2.75, 3.05) is 13.7 Å². The van der Waals surface area contributed by atoms with Crippen LogP contribution in [0.2, 0.25) is 0 Å². The quantitative estimate of drug-likeness (QED) is 0.307. The average molecular weight is 500 g/mol. The largest absolute Gasteiger partial charge is 0.493 e. The van der Waals surface area contributed by atoms with Gasteiger partial charge in [-0.1, -0.05) is 45.0 Å². The van der Waals surface area contributed by atoms with Crippen LogP contribution in [0.5, 0.6) is 5.75 Å². The highest BCUT2D eigenvalue weighted by atomic mass is 127. The van der Waals surface area contributed by atoms with E-state index in [9.17, 15) is 0 Å². The molecule has 0 spiro atoms. The summed E-state index contributed by atoms with van der Waals surface area (Å²) in [7, 11) is 1.75. The molecule has 6 nitrogen and oxygen atoms in total. The third kappa shape index (κ3) is 7.69. The summed E-state index contributed by atoms with van der Waals surface area (Å²) in [6.07, 6.45) is 0. The first kappa shape index (κ1) is 24.3. The Hall–Kier alpha value is -1.77. The lowest BCUT2D eigenvalue weighted by Crippen LogP contribution is -2.38. The number of nitrogens with zero attached hydrogens (tertiary/aromatic N) is 2. The van der Waals surface area contributed by atoms with Crippen LogP contribution in [0.15, 0.2) is 39.8 Å². The van der Waals surface area contributed by atoms with Gasteiger partial charge >= 0.3 is 0 Å². The van der Waals surface area contributed by atoms with E-state index < -0.39 is 0 Å². The highest BCUT2D eigenvalue weighted by molar-refractivity contribution is 14.0. The Morgan fingerprint density at radius 1 is 1.14 bits per heavy atom. The maximum Gasteiger partial charge on any atom is 0.191 e. The van der Waals surface area contributed by atoms with E-state index in [4.69, 9.17) is 9.26 Å². The van der Waals surface area contributed by atoms with E-state index in [1.165, 1.54) is 0 Å². The van der Waals surface area contributed by atoms with Gasteiger partial charge in [-0.3, -0.25) is 4.99 Å². The van der Waals surface area contributed by atoms with E-state index >= 15 is 0 Å².